The van der Waals surface area contributed by atoms with E-state index in [4.69, 9.17) is 9.47 Å². The van der Waals surface area contributed by atoms with Crippen molar-refractivity contribution >= 4 is 12.1 Å². The molecule has 0 aliphatic carbocycles. The summed E-state index contributed by atoms with van der Waals surface area (Å²) in [5.41, 5.74) is 1.88. The molecule has 1 atom stereocenters. The van der Waals surface area contributed by atoms with Crippen LogP contribution in [0.4, 0.5) is 4.79 Å². The van der Waals surface area contributed by atoms with Crippen LogP contribution in [0.15, 0.2) is 36.0 Å². The van der Waals surface area contributed by atoms with E-state index in [1.54, 1.807) is 38.1 Å². The third kappa shape index (κ3) is 3.08. The molecule has 5 heteroatoms. The lowest BCUT2D eigenvalue weighted by molar-refractivity contribution is 0.173. The van der Waals surface area contributed by atoms with Crippen LogP contribution >= 0.6 is 0 Å². The van der Waals surface area contributed by atoms with E-state index >= 15 is 0 Å². The molecule has 1 aromatic rings. The Morgan fingerprint density at radius 3 is 2.55 bits per heavy atom. The van der Waals surface area contributed by atoms with Crippen molar-refractivity contribution in [2.45, 2.75) is 13.0 Å². The zero-order chi connectivity index (χ0) is 16.3. The maximum absolute atomic E-state index is 12.1. The minimum atomic E-state index is -0.0736. The molecule has 2 amide bonds. The SMILES string of the molecule is COc1ccc(/C=C/C2C=C(C)N(C)C(=O)N2C)c(OC)c1. The van der Waals surface area contributed by atoms with E-state index in [0.717, 1.165) is 22.8 Å². The first-order chi connectivity index (χ1) is 10.5. The average Bonchev–Trinajstić information content (AvgIpc) is 2.54. The number of methoxy groups -OCH3 is 2. The van der Waals surface area contributed by atoms with Gasteiger partial charge in [-0.05, 0) is 25.1 Å². The molecular formula is C17H22N2O3. The number of hydrogen-bond donors (Lipinski definition) is 0. The van der Waals surface area contributed by atoms with Crippen molar-refractivity contribution in [1.82, 2.24) is 9.80 Å². The summed E-state index contributed by atoms with van der Waals surface area (Å²) in [5.74, 6) is 1.48. The smallest absolute Gasteiger partial charge is 0.324 e. The van der Waals surface area contributed by atoms with Crippen molar-refractivity contribution in [3.63, 3.8) is 0 Å². The number of likely N-dealkylation sites (N-methyl/N-ethyl adjacent to an activating group) is 1. The van der Waals surface area contributed by atoms with Crippen LogP contribution in [-0.4, -0.2) is 50.2 Å². The van der Waals surface area contributed by atoms with Crippen molar-refractivity contribution in [1.29, 1.82) is 0 Å². The van der Waals surface area contributed by atoms with E-state index in [1.165, 1.54) is 0 Å². The fraction of sp³-hybridized carbons (Fsp3) is 0.353. The van der Waals surface area contributed by atoms with Crippen molar-refractivity contribution in [3.8, 4) is 11.5 Å². The van der Waals surface area contributed by atoms with Gasteiger partial charge in [0.1, 0.15) is 11.5 Å². The molecule has 1 aromatic carbocycles. The molecule has 0 fully saturated rings. The van der Waals surface area contributed by atoms with Gasteiger partial charge in [-0.1, -0.05) is 12.2 Å². The molecule has 0 bridgehead atoms. The van der Waals surface area contributed by atoms with Crippen LogP contribution in [0.25, 0.3) is 6.08 Å². The lowest BCUT2D eigenvalue weighted by atomic mass is 10.1. The van der Waals surface area contributed by atoms with Gasteiger partial charge in [-0.25, -0.2) is 4.79 Å². The summed E-state index contributed by atoms with van der Waals surface area (Å²) >= 11 is 0. The van der Waals surface area contributed by atoms with Crippen molar-refractivity contribution in [3.05, 3.63) is 41.6 Å². The zero-order valence-corrected chi connectivity index (χ0v) is 13.7. The minimum Gasteiger partial charge on any atom is -0.497 e. The average molecular weight is 302 g/mol. The molecule has 0 saturated heterocycles. The molecule has 0 N–H and O–H groups in total. The highest BCUT2D eigenvalue weighted by Gasteiger charge is 2.25. The number of nitrogens with zero attached hydrogens (tertiary/aromatic N) is 2. The highest BCUT2D eigenvalue weighted by Crippen LogP contribution is 2.26. The molecule has 1 unspecified atom stereocenters. The highest BCUT2D eigenvalue weighted by atomic mass is 16.5. The van der Waals surface area contributed by atoms with E-state index in [2.05, 4.69) is 0 Å². The molecule has 5 nitrogen and oxygen atoms in total. The minimum absolute atomic E-state index is 0.0173. The van der Waals surface area contributed by atoms with Gasteiger partial charge in [-0.3, -0.25) is 0 Å². The number of hydrogen-bond acceptors (Lipinski definition) is 3. The van der Waals surface area contributed by atoms with E-state index in [0.29, 0.717) is 0 Å². The summed E-state index contributed by atoms with van der Waals surface area (Å²) in [5, 5.41) is 0. The summed E-state index contributed by atoms with van der Waals surface area (Å²) in [6.07, 6.45) is 5.99. The van der Waals surface area contributed by atoms with Crippen LogP contribution < -0.4 is 9.47 Å². The number of benzene rings is 1. The summed E-state index contributed by atoms with van der Waals surface area (Å²) < 4.78 is 10.6. The van der Waals surface area contributed by atoms with Gasteiger partial charge in [0.25, 0.3) is 0 Å². The van der Waals surface area contributed by atoms with E-state index in [1.807, 2.05) is 43.4 Å². The molecule has 0 spiro atoms. The Morgan fingerprint density at radius 2 is 1.91 bits per heavy atom. The van der Waals surface area contributed by atoms with Crippen LogP contribution in [0, 0.1) is 0 Å². The molecule has 2 rings (SSSR count). The van der Waals surface area contributed by atoms with E-state index < -0.39 is 0 Å². The molecule has 0 radical (unpaired) electrons. The van der Waals surface area contributed by atoms with Crippen molar-refractivity contribution in [2.24, 2.45) is 0 Å². The Kier molecular flexibility index (Phi) is 4.75. The second kappa shape index (κ2) is 6.56. The standard InChI is InChI=1S/C17H22N2O3/c1-12-10-14(19(3)17(20)18(12)2)8-6-13-7-9-15(21-4)11-16(13)22-5/h6-11,14H,1-5H3/b8-6+. The van der Waals surface area contributed by atoms with Gasteiger partial charge in [-0.15, -0.1) is 0 Å². The monoisotopic (exact) mass is 302 g/mol. The zero-order valence-electron chi connectivity index (χ0n) is 13.7. The van der Waals surface area contributed by atoms with Crippen LogP contribution in [0.1, 0.15) is 12.5 Å². The van der Waals surface area contributed by atoms with E-state index in [9.17, 15) is 4.79 Å². The molecule has 1 aliphatic rings. The van der Waals surface area contributed by atoms with Crippen LogP contribution in [0.2, 0.25) is 0 Å². The Balaban J connectivity index is 2.27. The topological polar surface area (TPSA) is 42.0 Å². The van der Waals surface area contributed by atoms with Crippen molar-refractivity contribution in [2.75, 3.05) is 28.3 Å². The fourth-order valence-electron chi connectivity index (χ4n) is 2.33. The van der Waals surface area contributed by atoms with Gasteiger partial charge in [0, 0.05) is 31.4 Å². The summed E-state index contributed by atoms with van der Waals surface area (Å²) in [7, 11) is 6.82. The third-order valence-corrected chi connectivity index (χ3v) is 3.89. The molecular weight excluding hydrogens is 280 g/mol. The quantitative estimate of drug-likeness (QED) is 0.858. The maximum Gasteiger partial charge on any atom is 0.324 e. The molecule has 118 valence electrons. The first-order valence-electron chi connectivity index (χ1n) is 7.07. The number of carbonyl (C=O) groups is 1. The maximum atomic E-state index is 12.1. The summed E-state index contributed by atoms with van der Waals surface area (Å²) in [6.45, 7) is 1.93. The molecule has 1 aliphatic heterocycles. The number of amides is 2. The van der Waals surface area contributed by atoms with E-state index in [-0.39, 0.29) is 12.1 Å². The number of carbonyl (C=O) groups excluding carboxylic acids is 1. The Morgan fingerprint density at radius 1 is 1.18 bits per heavy atom. The highest BCUT2D eigenvalue weighted by molar-refractivity contribution is 5.78. The Hall–Kier alpha value is -2.43. The van der Waals surface area contributed by atoms with Crippen LogP contribution in [0.3, 0.4) is 0 Å². The normalized spacial score (nSPS) is 18.7. The number of allylic oxidation sites excluding steroid dienone is 1. The lowest BCUT2D eigenvalue weighted by Crippen LogP contribution is -2.46. The third-order valence-electron chi connectivity index (χ3n) is 3.89. The number of rotatable bonds is 4. The molecule has 22 heavy (non-hydrogen) atoms. The summed E-state index contributed by atoms with van der Waals surface area (Å²) in [4.78, 5) is 15.4. The second-order valence-electron chi connectivity index (χ2n) is 5.22. The summed E-state index contributed by atoms with van der Waals surface area (Å²) in [6, 6.07) is 5.56. The molecule has 0 aromatic heterocycles. The second-order valence-corrected chi connectivity index (χ2v) is 5.22. The largest absolute Gasteiger partial charge is 0.497 e. The lowest BCUT2D eigenvalue weighted by Gasteiger charge is -2.34. The van der Waals surface area contributed by atoms with Gasteiger partial charge in [0.2, 0.25) is 0 Å². The molecule has 0 saturated carbocycles. The Bertz CT molecular complexity index is 622. The predicted molar refractivity (Wildman–Crippen MR) is 87.0 cm³/mol. The van der Waals surface area contributed by atoms with Crippen LogP contribution in [0.5, 0.6) is 11.5 Å². The van der Waals surface area contributed by atoms with Crippen molar-refractivity contribution < 1.29 is 14.3 Å². The first-order valence-corrected chi connectivity index (χ1v) is 7.07. The fourth-order valence-corrected chi connectivity index (χ4v) is 2.33. The van der Waals surface area contributed by atoms with Gasteiger partial charge in [0.15, 0.2) is 0 Å². The van der Waals surface area contributed by atoms with Crippen LogP contribution in [-0.2, 0) is 0 Å². The predicted octanol–water partition coefficient (Wildman–Crippen LogP) is 2.99. The number of ether oxygens (including phenoxy) is 2. The number of urea groups is 1. The van der Waals surface area contributed by atoms with Gasteiger partial charge < -0.3 is 19.3 Å². The molecule has 1 heterocycles. The van der Waals surface area contributed by atoms with Gasteiger partial charge >= 0.3 is 6.03 Å². The Labute approximate surface area is 131 Å². The first kappa shape index (κ1) is 15.9. The van der Waals surface area contributed by atoms with Gasteiger partial charge in [-0.2, -0.15) is 0 Å². The van der Waals surface area contributed by atoms with Gasteiger partial charge in [0.05, 0.1) is 20.3 Å².